The number of aryl methyl sites for hydroxylation is 1. The van der Waals surface area contributed by atoms with Crippen LogP contribution in [0.2, 0.25) is 0 Å². The van der Waals surface area contributed by atoms with E-state index in [1.54, 1.807) is 0 Å². The number of likely N-dealkylation sites (N-methyl/N-ethyl adjacent to an activating group) is 1. The SMILES string of the molecule is CNCCN1CCC(c2ccc3[nH]c(-c4c[nH]c(C#N)c4)c(C)c3c2)CC1. The zero-order valence-corrected chi connectivity index (χ0v) is 16.1. The van der Waals surface area contributed by atoms with E-state index in [1.165, 1.54) is 42.4 Å². The first-order valence-electron chi connectivity index (χ1n) is 9.77. The molecule has 0 amide bonds. The second-order valence-corrected chi connectivity index (χ2v) is 7.56. The maximum Gasteiger partial charge on any atom is 0.118 e. The zero-order chi connectivity index (χ0) is 18.8. The van der Waals surface area contributed by atoms with Crippen LogP contribution in [-0.4, -0.2) is 48.1 Å². The Labute approximate surface area is 160 Å². The number of hydrogen-bond donors (Lipinski definition) is 3. The van der Waals surface area contributed by atoms with E-state index in [1.807, 2.05) is 19.3 Å². The summed E-state index contributed by atoms with van der Waals surface area (Å²) in [5, 5.41) is 13.6. The minimum atomic E-state index is 0.591. The Hall–Kier alpha value is -2.55. The average Bonchev–Trinajstić information content (AvgIpc) is 3.31. The van der Waals surface area contributed by atoms with Crippen LogP contribution in [0.3, 0.4) is 0 Å². The molecule has 0 saturated carbocycles. The van der Waals surface area contributed by atoms with Crippen molar-refractivity contribution in [2.24, 2.45) is 0 Å². The lowest BCUT2D eigenvalue weighted by Crippen LogP contribution is -2.37. The van der Waals surface area contributed by atoms with E-state index >= 15 is 0 Å². The maximum atomic E-state index is 9.06. The van der Waals surface area contributed by atoms with Crippen molar-refractivity contribution in [3.05, 3.63) is 47.3 Å². The summed E-state index contributed by atoms with van der Waals surface area (Å²) in [6.45, 7) is 6.74. The average molecular weight is 361 g/mol. The van der Waals surface area contributed by atoms with Crippen LogP contribution in [-0.2, 0) is 0 Å². The minimum Gasteiger partial charge on any atom is -0.354 e. The van der Waals surface area contributed by atoms with Crippen LogP contribution >= 0.6 is 0 Å². The lowest BCUT2D eigenvalue weighted by Gasteiger charge is -2.32. The van der Waals surface area contributed by atoms with Gasteiger partial charge in [-0.1, -0.05) is 6.07 Å². The van der Waals surface area contributed by atoms with E-state index in [2.05, 4.69) is 51.4 Å². The van der Waals surface area contributed by atoms with Crippen molar-refractivity contribution in [2.75, 3.05) is 33.2 Å². The summed E-state index contributed by atoms with van der Waals surface area (Å²) in [7, 11) is 2.02. The molecule has 5 nitrogen and oxygen atoms in total. The molecule has 5 heteroatoms. The van der Waals surface area contributed by atoms with Crippen LogP contribution in [0.5, 0.6) is 0 Å². The summed E-state index contributed by atoms with van der Waals surface area (Å²) >= 11 is 0. The molecular weight excluding hydrogens is 334 g/mol. The Morgan fingerprint density at radius 3 is 2.78 bits per heavy atom. The molecule has 3 aromatic rings. The van der Waals surface area contributed by atoms with Gasteiger partial charge in [-0.25, -0.2) is 0 Å². The number of nitrogens with one attached hydrogen (secondary N) is 3. The lowest BCUT2D eigenvalue weighted by atomic mass is 9.88. The minimum absolute atomic E-state index is 0.591. The summed E-state index contributed by atoms with van der Waals surface area (Å²) < 4.78 is 0. The molecule has 1 aromatic carbocycles. The molecule has 140 valence electrons. The molecule has 0 radical (unpaired) electrons. The number of benzene rings is 1. The van der Waals surface area contributed by atoms with E-state index in [9.17, 15) is 0 Å². The highest BCUT2D eigenvalue weighted by Gasteiger charge is 2.21. The number of aromatic nitrogens is 2. The van der Waals surface area contributed by atoms with Gasteiger partial charge in [-0.05, 0) is 75.1 Å². The van der Waals surface area contributed by atoms with Crippen molar-refractivity contribution >= 4 is 10.9 Å². The first kappa shape index (κ1) is 17.8. The van der Waals surface area contributed by atoms with E-state index in [4.69, 9.17) is 5.26 Å². The highest BCUT2D eigenvalue weighted by Crippen LogP contribution is 2.34. The standard InChI is InChI=1S/C22H27N5/c1-15-20-12-17(16-5-8-27(9-6-16)10-7-24-2)3-4-21(20)26-22(15)18-11-19(13-23)25-14-18/h3-4,11-12,14,16,24-26H,5-10H2,1-2H3. The summed E-state index contributed by atoms with van der Waals surface area (Å²) in [6, 6.07) is 10.9. The number of aromatic amines is 2. The number of piperidine rings is 1. The normalized spacial score (nSPS) is 16.0. The predicted molar refractivity (Wildman–Crippen MR) is 110 cm³/mol. The largest absolute Gasteiger partial charge is 0.354 e. The predicted octanol–water partition coefficient (Wildman–Crippen LogP) is 3.74. The third-order valence-electron chi connectivity index (χ3n) is 5.91. The Bertz CT molecular complexity index is 966. The van der Waals surface area contributed by atoms with E-state index in [0.717, 1.165) is 29.9 Å². The van der Waals surface area contributed by atoms with Gasteiger partial charge < -0.3 is 20.2 Å². The molecule has 4 rings (SSSR count). The fraction of sp³-hybridized carbons (Fsp3) is 0.409. The van der Waals surface area contributed by atoms with Gasteiger partial charge in [-0.2, -0.15) is 5.26 Å². The Morgan fingerprint density at radius 1 is 1.26 bits per heavy atom. The molecule has 3 heterocycles. The number of likely N-dealkylation sites (tertiary alicyclic amines) is 1. The molecule has 1 aliphatic rings. The van der Waals surface area contributed by atoms with Gasteiger partial charge in [0, 0.05) is 35.8 Å². The third kappa shape index (κ3) is 3.51. The quantitative estimate of drug-likeness (QED) is 0.648. The van der Waals surface area contributed by atoms with Gasteiger partial charge in [0.05, 0.1) is 5.69 Å². The first-order valence-corrected chi connectivity index (χ1v) is 9.77. The van der Waals surface area contributed by atoms with Crippen molar-refractivity contribution < 1.29 is 0 Å². The van der Waals surface area contributed by atoms with Crippen molar-refractivity contribution in [3.8, 4) is 17.3 Å². The summed E-state index contributed by atoms with van der Waals surface area (Å²) in [5.74, 6) is 0.649. The molecule has 0 atom stereocenters. The molecule has 0 spiro atoms. The maximum absolute atomic E-state index is 9.06. The fourth-order valence-corrected chi connectivity index (χ4v) is 4.25. The Balaban J connectivity index is 1.56. The van der Waals surface area contributed by atoms with Crippen molar-refractivity contribution in [1.82, 2.24) is 20.2 Å². The molecular formula is C22H27N5. The summed E-state index contributed by atoms with van der Waals surface area (Å²) in [6.07, 6.45) is 4.36. The molecule has 0 unspecified atom stereocenters. The molecule has 2 aromatic heterocycles. The van der Waals surface area contributed by atoms with Gasteiger partial charge in [-0.3, -0.25) is 0 Å². The lowest BCUT2D eigenvalue weighted by molar-refractivity contribution is 0.214. The smallest absolute Gasteiger partial charge is 0.118 e. The van der Waals surface area contributed by atoms with Crippen LogP contribution in [0.15, 0.2) is 30.5 Å². The van der Waals surface area contributed by atoms with E-state index < -0.39 is 0 Å². The van der Waals surface area contributed by atoms with Crippen molar-refractivity contribution in [3.63, 3.8) is 0 Å². The zero-order valence-electron chi connectivity index (χ0n) is 16.1. The fourth-order valence-electron chi connectivity index (χ4n) is 4.25. The van der Waals surface area contributed by atoms with Gasteiger partial charge in [0.1, 0.15) is 11.8 Å². The number of rotatable bonds is 5. The van der Waals surface area contributed by atoms with Gasteiger partial charge in [0.15, 0.2) is 0 Å². The van der Waals surface area contributed by atoms with Crippen molar-refractivity contribution in [2.45, 2.75) is 25.7 Å². The third-order valence-corrected chi connectivity index (χ3v) is 5.91. The summed E-state index contributed by atoms with van der Waals surface area (Å²) in [5.41, 5.74) is 6.60. The Kier molecular flexibility index (Phi) is 5.02. The molecule has 3 N–H and O–H groups in total. The first-order chi connectivity index (χ1) is 13.2. The number of nitriles is 1. The number of fused-ring (bicyclic) bond motifs is 1. The van der Waals surface area contributed by atoms with Gasteiger partial charge in [0.2, 0.25) is 0 Å². The van der Waals surface area contributed by atoms with Gasteiger partial charge in [-0.15, -0.1) is 0 Å². The molecule has 1 fully saturated rings. The highest BCUT2D eigenvalue weighted by atomic mass is 15.1. The highest BCUT2D eigenvalue weighted by molar-refractivity contribution is 5.91. The number of nitrogens with zero attached hydrogens (tertiary/aromatic N) is 2. The van der Waals surface area contributed by atoms with Crippen LogP contribution in [0.1, 0.15) is 35.6 Å². The molecule has 27 heavy (non-hydrogen) atoms. The van der Waals surface area contributed by atoms with Crippen LogP contribution < -0.4 is 5.32 Å². The Morgan fingerprint density at radius 2 is 2.07 bits per heavy atom. The monoisotopic (exact) mass is 361 g/mol. The second kappa shape index (κ2) is 7.59. The van der Waals surface area contributed by atoms with Crippen LogP contribution in [0.25, 0.3) is 22.2 Å². The van der Waals surface area contributed by atoms with Crippen LogP contribution in [0.4, 0.5) is 0 Å². The molecule has 1 aliphatic heterocycles. The van der Waals surface area contributed by atoms with Gasteiger partial charge >= 0.3 is 0 Å². The number of hydrogen-bond acceptors (Lipinski definition) is 3. The topological polar surface area (TPSA) is 70.6 Å². The molecule has 0 aliphatic carbocycles. The molecule has 0 bridgehead atoms. The second-order valence-electron chi connectivity index (χ2n) is 7.56. The number of H-pyrrole nitrogens is 2. The van der Waals surface area contributed by atoms with E-state index in [0.29, 0.717) is 11.6 Å². The molecule has 1 saturated heterocycles. The summed E-state index contributed by atoms with van der Waals surface area (Å²) in [4.78, 5) is 9.11. The van der Waals surface area contributed by atoms with Gasteiger partial charge in [0.25, 0.3) is 0 Å². The van der Waals surface area contributed by atoms with Crippen molar-refractivity contribution in [1.29, 1.82) is 5.26 Å². The van der Waals surface area contributed by atoms with E-state index in [-0.39, 0.29) is 0 Å². The van der Waals surface area contributed by atoms with Crippen LogP contribution in [0, 0.1) is 18.3 Å².